The quantitative estimate of drug-likeness (QED) is 0.742. The van der Waals surface area contributed by atoms with Gasteiger partial charge in [0.25, 0.3) is 0 Å². The molecule has 4 rings (SSSR count). The first-order valence-electron chi connectivity index (χ1n) is 7.38. The molecule has 0 amide bonds. The minimum Gasteiger partial charge on any atom is -0.286 e. The Morgan fingerprint density at radius 3 is 3.00 bits per heavy atom. The second-order valence-corrected chi connectivity index (χ2v) is 6.61. The molecule has 0 fully saturated rings. The molecule has 0 radical (unpaired) electrons. The van der Waals surface area contributed by atoms with Crippen LogP contribution < -0.4 is 0 Å². The van der Waals surface area contributed by atoms with Gasteiger partial charge in [-0.1, -0.05) is 30.8 Å². The van der Waals surface area contributed by atoms with E-state index in [1.165, 1.54) is 11.8 Å². The molecule has 1 atom stereocenters. The first-order valence-corrected chi connectivity index (χ1v) is 8.19. The monoisotopic (exact) mass is 322 g/mol. The number of thioether (sulfide) groups is 1. The Bertz CT molecular complexity index is 875. The van der Waals surface area contributed by atoms with E-state index in [0.29, 0.717) is 12.2 Å². The third kappa shape index (κ3) is 2.66. The van der Waals surface area contributed by atoms with Crippen molar-refractivity contribution >= 4 is 16.9 Å². The van der Waals surface area contributed by atoms with Crippen molar-refractivity contribution in [3.63, 3.8) is 0 Å². The summed E-state index contributed by atoms with van der Waals surface area (Å²) in [5, 5.41) is 12.8. The lowest BCUT2D eigenvalue weighted by Crippen LogP contribution is -2.02. The maximum Gasteiger partial charge on any atom is 0.198 e. The van der Waals surface area contributed by atoms with Crippen LogP contribution in [0.15, 0.2) is 53.7 Å². The van der Waals surface area contributed by atoms with Crippen LogP contribution in [0, 0.1) is 0 Å². The molecule has 23 heavy (non-hydrogen) atoms. The van der Waals surface area contributed by atoms with Gasteiger partial charge in [0.05, 0.1) is 5.69 Å². The fourth-order valence-electron chi connectivity index (χ4n) is 2.68. The van der Waals surface area contributed by atoms with Crippen LogP contribution in [-0.4, -0.2) is 25.1 Å². The third-order valence-electron chi connectivity index (χ3n) is 4.00. The highest BCUT2D eigenvalue weighted by Gasteiger charge is 2.21. The van der Waals surface area contributed by atoms with Crippen LogP contribution in [0.25, 0.3) is 5.82 Å². The Morgan fingerprint density at radius 1 is 1.26 bits per heavy atom. The van der Waals surface area contributed by atoms with E-state index in [4.69, 9.17) is 0 Å². The topological polar surface area (TPSA) is 60.7 Å². The van der Waals surface area contributed by atoms with Gasteiger partial charge in [-0.05, 0) is 35.4 Å². The van der Waals surface area contributed by atoms with E-state index in [2.05, 4.69) is 40.4 Å². The van der Waals surface area contributed by atoms with E-state index in [9.17, 15) is 4.79 Å². The van der Waals surface area contributed by atoms with Gasteiger partial charge < -0.3 is 0 Å². The molecule has 1 unspecified atom stereocenters. The molecule has 1 aliphatic heterocycles. The summed E-state index contributed by atoms with van der Waals surface area (Å²) in [5.74, 6) is 0.843. The highest BCUT2D eigenvalue weighted by atomic mass is 32.2. The van der Waals surface area contributed by atoms with Gasteiger partial charge in [0.1, 0.15) is 0 Å². The molecule has 6 heteroatoms. The fourth-order valence-corrected chi connectivity index (χ4v) is 3.62. The molecule has 0 aliphatic carbocycles. The highest BCUT2D eigenvalue weighted by Crippen LogP contribution is 2.35. The summed E-state index contributed by atoms with van der Waals surface area (Å²) in [4.78, 5) is 12.6. The minimum atomic E-state index is 0.148. The van der Waals surface area contributed by atoms with Gasteiger partial charge in [0.15, 0.2) is 10.9 Å². The van der Waals surface area contributed by atoms with Gasteiger partial charge in [0.2, 0.25) is 0 Å². The van der Waals surface area contributed by atoms with Crippen LogP contribution in [0.3, 0.4) is 0 Å². The third-order valence-corrected chi connectivity index (χ3v) is 4.97. The number of fused-ring (bicyclic) bond motifs is 1. The predicted molar refractivity (Wildman–Crippen MR) is 87.7 cm³/mol. The van der Waals surface area contributed by atoms with Gasteiger partial charge in [-0.3, -0.25) is 4.79 Å². The maximum absolute atomic E-state index is 11.5. The van der Waals surface area contributed by atoms with Crippen molar-refractivity contribution in [2.75, 3.05) is 0 Å². The van der Waals surface area contributed by atoms with E-state index in [0.717, 1.165) is 21.7 Å². The number of hydrogen-bond acceptors (Lipinski definition) is 5. The molecule has 1 aliphatic rings. The van der Waals surface area contributed by atoms with E-state index < -0.39 is 0 Å². The van der Waals surface area contributed by atoms with Crippen LogP contribution >= 0.6 is 11.8 Å². The number of benzene rings is 1. The number of aromatic nitrogens is 4. The summed E-state index contributed by atoms with van der Waals surface area (Å²) < 4.78 is 1.73. The Kier molecular flexibility index (Phi) is 3.46. The summed E-state index contributed by atoms with van der Waals surface area (Å²) in [6, 6.07) is 11.9. The largest absolute Gasteiger partial charge is 0.286 e. The molecular weight excluding hydrogens is 308 g/mol. The average Bonchev–Trinajstić information content (AvgIpc) is 3.20. The van der Waals surface area contributed by atoms with Crippen molar-refractivity contribution in [2.45, 2.75) is 24.2 Å². The maximum atomic E-state index is 11.5. The molecule has 0 spiro atoms. The molecule has 1 aromatic carbocycles. The number of carbonyl (C=O) groups is 1. The van der Waals surface area contributed by atoms with Crippen molar-refractivity contribution in [2.24, 2.45) is 0 Å². The fraction of sp³-hybridized carbons (Fsp3) is 0.176. The van der Waals surface area contributed by atoms with E-state index in [1.54, 1.807) is 10.9 Å². The molecule has 0 bridgehead atoms. The average molecular weight is 322 g/mol. The first kappa shape index (κ1) is 14.1. The van der Waals surface area contributed by atoms with Gasteiger partial charge >= 0.3 is 0 Å². The SMILES string of the molecule is CC(c1ccc2c(c1)SC(=O)C2)c1ccn(-c2cccnn2)n1. The number of rotatable bonds is 3. The lowest BCUT2D eigenvalue weighted by Gasteiger charge is -2.10. The molecular formula is C17H14N4OS. The zero-order valence-electron chi connectivity index (χ0n) is 12.5. The van der Waals surface area contributed by atoms with Crippen molar-refractivity contribution in [1.82, 2.24) is 20.0 Å². The lowest BCUT2D eigenvalue weighted by atomic mass is 9.96. The summed E-state index contributed by atoms with van der Waals surface area (Å²) in [6.45, 7) is 2.12. The molecule has 0 saturated heterocycles. The van der Waals surface area contributed by atoms with Crippen LogP contribution in [0.5, 0.6) is 0 Å². The molecule has 0 N–H and O–H groups in total. The Morgan fingerprint density at radius 2 is 2.17 bits per heavy atom. The van der Waals surface area contributed by atoms with Crippen molar-refractivity contribution in [3.05, 3.63) is 65.6 Å². The molecule has 3 heterocycles. The molecule has 3 aromatic rings. The standard InChI is InChI=1S/C17H14N4OS/c1-11(12-4-5-13-10-17(22)23-15(13)9-12)14-6-8-21(20-14)16-3-2-7-18-19-16/h2-9,11H,10H2,1H3. The van der Waals surface area contributed by atoms with Gasteiger partial charge in [-0.15, -0.1) is 5.10 Å². The molecule has 114 valence electrons. The predicted octanol–water partition coefficient (Wildman–Crippen LogP) is 2.99. The van der Waals surface area contributed by atoms with E-state index in [1.807, 2.05) is 24.4 Å². The van der Waals surface area contributed by atoms with E-state index in [-0.39, 0.29) is 11.0 Å². The molecule has 0 saturated carbocycles. The Labute approximate surface area is 137 Å². The summed E-state index contributed by atoms with van der Waals surface area (Å²) in [5.41, 5.74) is 3.25. The van der Waals surface area contributed by atoms with E-state index >= 15 is 0 Å². The zero-order valence-corrected chi connectivity index (χ0v) is 13.3. The van der Waals surface area contributed by atoms with Gasteiger partial charge in [-0.25, -0.2) is 4.68 Å². The van der Waals surface area contributed by atoms with Gasteiger partial charge in [0, 0.05) is 29.6 Å². The van der Waals surface area contributed by atoms with Crippen LogP contribution in [0.1, 0.15) is 29.7 Å². The molecule has 5 nitrogen and oxygen atoms in total. The Hall–Kier alpha value is -2.47. The van der Waals surface area contributed by atoms with Crippen molar-refractivity contribution in [1.29, 1.82) is 0 Å². The summed E-state index contributed by atoms with van der Waals surface area (Å²) >= 11 is 1.34. The summed E-state index contributed by atoms with van der Waals surface area (Å²) in [6.07, 6.45) is 4.07. The summed E-state index contributed by atoms with van der Waals surface area (Å²) in [7, 11) is 0. The number of carbonyl (C=O) groups excluding carboxylic acids is 1. The smallest absolute Gasteiger partial charge is 0.198 e. The highest BCUT2D eigenvalue weighted by molar-refractivity contribution is 8.14. The lowest BCUT2D eigenvalue weighted by molar-refractivity contribution is -0.110. The van der Waals surface area contributed by atoms with Crippen molar-refractivity contribution < 1.29 is 4.79 Å². The second-order valence-electron chi connectivity index (χ2n) is 5.51. The number of nitrogens with zero attached hydrogens (tertiary/aromatic N) is 4. The Balaban J connectivity index is 1.63. The van der Waals surface area contributed by atoms with Crippen LogP contribution in [-0.2, 0) is 11.2 Å². The van der Waals surface area contributed by atoms with Crippen LogP contribution in [0.2, 0.25) is 0 Å². The van der Waals surface area contributed by atoms with Gasteiger partial charge in [-0.2, -0.15) is 10.2 Å². The second kappa shape index (κ2) is 5.62. The minimum absolute atomic E-state index is 0.148. The van der Waals surface area contributed by atoms with Crippen LogP contribution in [0.4, 0.5) is 0 Å². The first-order chi connectivity index (χ1) is 11.2. The number of hydrogen-bond donors (Lipinski definition) is 0. The zero-order chi connectivity index (χ0) is 15.8. The normalized spacial score (nSPS) is 14.7. The molecule has 2 aromatic heterocycles. The van der Waals surface area contributed by atoms with Crippen molar-refractivity contribution in [3.8, 4) is 5.82 Å².